The lowest BCUT2D eigenvalue weighted by atomic mass is 10.0. The third-order valence-corrected chi connectivity index (χ3v) is 3.42. The summed E-state index contributed by atoms with van der Waals surface area (Å²) in [6.45, 7) is 11.2. The van der Waals surface area contributed by atoms with E-state index >= 15 is 0 Å². The third kappa shape index (κ3) is 11.2. The molecule has 0 rings (SSSR count). The molecule has 0 aromatic carbocycles. The van der Waals surface area contributed by atoms with Gasteiger partial charge in [-0.3, -0.25) is 0 Å². The van der Waals surface area contributed by atoms with Crippen molar-refractivity contribution in [2.24, 2.45) is 0 Å². The van der Waals surface area contributed by atoms with Crippen LogP contribution in [0.3, 0.4) is 0 Å². The monoisotopic (exact) mass is 282 g/mol. The normalized spacial score (nSPS) is 12.2. The van der Waals surface area contributed by atoms with E-state index in [2.05, 4.69) is 19.6 Å². The molecule has 0 aromatic heterocycles. The molecule has 0 atom stereocenters. The molecule has 0 N–H and O–H groups in total. The van der Waals surface area contributed by atoms with Crippen molar-refractivity contribution in [2.75, 3.05) is 13.2 Å². The summed E-state index contributed by atoms with van der Waals surface area (Å²) in [5, 5.41) is 0. The molecule has 118 valence electrons. The van der Waals surface area contributed by atoms with Crippen molar-refractivity contribution >= 4 is 0 Å². The fourth-order valence-corrected chi connectivity index (χ4v) is 2.40. The number of rotatable bonds is 14. The second kappa shape index (κ2) is 13.4. The van der Waals surface area contributed by atoms with Crippen LogP contribution in [0.2, 0.25) is 0 Å². The lowest BCUT2D eigenvalue weighted by Crippen LogP contribution is -2.32. The topological polar surface area (TPSA) is 18.5 Å². The first-order valence-electron chi connectivity index (χ1n) is 8.24. The predicted octanol–water partition coefficient (Wildman–Crippen LogP) is 5.64. The second-order valence-electron chi connectivity index (χ2n) is 5.32. The second-order valence-corrected chi connectivity index (χ2v) is 5.32. The Morgan fingerprint density at radius 1 is 0.900 bits per heavy atom. The molecule has 0 saturated carbocycles. The van der Waals surface area contributed by atoms with Crippen molar-refractivity contribution in [3.8, 4) is 0 Å². The highest BCUT2D eigenvalue weighted by molar-refractivity contribution is 4.96. The van der Waals surface area contributed by atoms with Gasteiger partial charge in [-0.05, 0) is 40.0 Å². The van der Waals surface area contributed by atoms with E-state index < -0.39 is 0 Å². The SMILES string of the molecule is C=CC=CCCCCCCCCC(C)(OCC)OCC. The van der Waals surface area contributed by atoms with Crippen LogP contribution in [-0.2, 0) is 9.47 Å². The first kappa shape index (κ1) is 19.4. The van der Waals surface area contributed by atoms with Crippen LogP contribution in [0, 0.1) is 0 Å². The summed E-state index contributed by atoms with van der Waals surface area (Å²) in [5.74, 6) is -0.376. The van der Waals surface area contributed by atoms with Gasteiger partial charge in [-0.25, -0.2) is 0 Å². The lowest BCUT2D eigenvalue weighted by molar-refractivity contribution is -0.225. The molecule has 0 aliphatic carbocycles. The molecule has 2 heteroatoms. The van der Waals surface area contributed by atoms with Gasteiger partial charge < -0.3 is 9.47 Å². The van der Waals surface area contributed by atoms with Gasteiger partial charge in [0.1, 0.15) is 0 Å². The Balaban J connectivity index is 3.49. The van der Waals surface area contributed by atoms with Crippen molar-refractivity contribution in [2.45, 2.75) is 77.9 Å². The van der Waals surface area contributed by atoms with Crippen LogP contribution in [0.15, 0.2) is 24.8 Å². The minimum atomic E-state index is -0.376. The van der Waals surface area contributed by atoms with Gasteiger partial charge in [-0.1, -0.05) is 50.5 Å². The zero-order valence-corrected chi connectivity index (χ0v) is 13.8. The van der Waals surface area contributed by atoms with Crippen molar-refractivity contribution in [3.05, 3.63) is 24.8 Å². The van der Waals surface area contributed by atoms with E-state index in [4.69, 9.17) is 9.47 Å². The van der Waals surface area contributed by atoms with Gasteiger partial charge in [0.25, 0.3) is 0 Å². The molecule has 0 aliphatic heterocycles. The van der Waals surface area contributed by atoms with Crippen LogP contribution >= 0.6 is 0 Å². The summed E-state index contributed by atoms with van der Waals surface area (Å²) < 4.78 is 11.4. The molecule has 0 heterocycles. The summed E-state index contributed by atoms with van der Waals surface area (Å²) in [7, 11) is 0. The number of ether oxygens (including phenoxy) is 2. The number of hydrogen-bond acceptors (Lipinski definition) is 2. The molecule has 0 unspecified atom stereocenters. The number of allylic oxidation sites excluding steroid dienone is 3. The van der Waals surface area contributed by atoms with Crippen LogP contribution in [0.1, 0.15) is 72.1 Å². The lowest BCUT2D eigenvalue weighted by Gasteiger charge is -2.29. The molecule has 0 amide bonds. The van der Waals surface area contributed by atoms with E-state index in [1.54, 1.807) is 0 Å². The van der Waals surface area contributed by atoms with E-state index in [0.717, 1.165) is 6.42 Å². The molecule has 0 bridgehead atoms. The number of hydrogen-bond donors (Lipinski definition) is 0. The molecule has 0 radical (unpaired) electrons. The standard InChI is InChI=1S/C18H34O2/c1-5-8-9-10-11-12-13-14-15-16-17-18(4,19-6-2)20-7-3/h5,8-9H,1,6-7,10-17H2,2-4H3. The fourth-order valence-electron chi connectivity index (χ4n) is 2.40. The van der Waals surface area contributed by atoms with Crippen LogP contribution in [0.4, 0.5) is 0 Å². The quantitative estimate of drug-likeness (QED) is 0.233. The first-order chi connectivity index (χ1) is 9.68. The van der Waals surface area contributed by atoms with E-state index in [0.29, 0.717) is 13.2 Å². The Labute approximate surface area is 126 Å². The molecule has 0 spiro atoms. The van der Waals surface area contributed by atoms with Gasteiger partial charge in [-0.15, -0.1) is 0 Å². The zero-order valence-electron chi connectivity index (χ0n) is 13.8. The van der Waals surface area contributed by atoms with E-state index in [-0.39, 0.29) is 5.79 Å². The molecule has 2 nitrogen and oxygen atoms in total. The maximum Gasteiger partial charge on any atom is 0.165 e. The molecule has 20 heavy (non-hydrogen) atoms. The summed E-state index contributed by atoms with van der Waals surface area (Å²) >= 11 is 0. The smallest absolute Gasteiger partial charge is 0.165 e. The van der Waals surface area contributed by atoms with Crippen molar-refractivity contribution < 1.29 is 9.47 Å². The summed E-state index contributed by atoms with van der Waals surface area (Å²) in [5.41, 5.74) is 0. The highest BCUT2D eigenvalue weighted by atomic mass is 16.7. The summed E-state index contributed by atoms with van der Waals surface area (Å²) in [6.07, 6.45) is 16.0. The van der Waals surface area contributed by atoms with Crippen molar-refractivity contribution in [3.63, 3.8) is 0 Å². The van der Waals surface area contributed by atoms with Gasteiger partial charge in [0.2, 0.25) is 0 Å². The Kier molecular flexibility index (Phi) is 13.0. The summed E-state index contributed by atoms with van der Waals surface area (Å²) in [6, 6.07) is 0. The maximum atomic E-state index is 5.71. The Morgan fingerprint density at radius 3 is 2.00 bits per heavy atom. The van der Waals surface area contributed by atoms with Crippen LogP contribution in [0.25, 0.3) is 0 Å². The van der Waals surface area contributed by atoms with Gasteiger partial charge in [0.05, 0.1) is 0 Å². The van der Waals surface area contributed by atoms with Crippen molar-refractivity contribution in [1.82, 2.24) is 0 Å². The van der Waals surface area contributed by atoms with Gasteiger partial charge in [0.15, 0.2) is 5.79 Å². The number of unbranched alkanes of at least 4 members (excludes halogenated alkanes) is 6. The average Bonchev–Trinajstić information content (AvgIpc) is 2.41. The minimum absolute atomic E-state index is 0.376. The largest absolute Gasteiger partial charge is 0.351 e. The zero-order chi connectivity index (χ0) is 15.1. The van der Waals surface area contributed by atoms with E-state index in [1.165, 1.54) is 44.9 Å². The maximum absolute atomic E-state index is 5.71. The summed E-state index contributed by atoms with van der Waals surface area (Å²) in [4.78, 5) is 0. The first-order valence-corrected chi connectivity index (χ1v) is 8.24. The third-order valence-electron chi connectivity index (χ3n) is 3.42. The highest BCUT2D eigenvalue weighted by Crippen LogP contribution is 2.21. The highest BCUT2D eigenvalue weighted by Gasteiger charge is 2.23. The van der Waals surface area contributed by atoms with Crippen LogP contribution in [0.5, 0.6) is 0 Å². The Hall–Kier alpha value is -0.600. The van der Waals surface area contributed by atoms with Gasteiger partial charge >= 0.3 is 0 Å². The molecule has 0 saturated heterocycles. The van der Waals surface area contributed by atoms with Crippen LogP contribution in [-0.4, -0.2) is 19.0 Å². The Bertz CT molecular complexity index is 240. The minimum Gasteiger partial charge on any atom is -0.351 e. The molecule has 0 aliphatic rings. The fraction of sp³-hybridized carbons (Fsp3) is 0.778. The van der Waals surface area contributed by atoms with Crippen LogP contribution < -0.4 is 0 Å². The van der Waals surface area contributed by atoms with Crippen molar-refractivity contribution in [1.29, 1.82) is 0 Å². The molecule has 0 fully saturated rings. The molecular weight excluding hydrogens is 248 g/mol. The van der Waals surface area contributed by atoms with E-state index in [1.807, 2.05) is 26.0 Å². The van der Waals surface area contributed by atoms with Gasteiger partial charge in [-0.2, -0.15) is 0 Å². The Morgan fingerprint density at radius 2 is 1.45 bits per heavy atom. The van der Waals surface area contributed by atoms with Gasteiger partial charge in [0, 0.05) is 19.6 Å². The molecular formula is C18H34O2. The van der Waals surface area contributed by atoms with E-state index in [9.17, 15) is 0 Å². The molecule has 0 aromatic rings. The average molecular weight is 282 g/mol. The predicted molar refractivity (Wildman–Crippen MR) is 87.9 cm³/mol.